The molecule has 0 amide bonds. The summed E-state index contributed by atoms with van der Waals surface area (Å²) in [6, 6.07) is 0. The Hall–Kier alpha value is -1.24. The molecule has 1 rings (SSSR count). The molecule has 0 saturated carbocycles. The van der Waals surface area contributed by atoms with Gasteiger partial charge in [0.2, 0.25) is 5.82 Å². The van der Waals surface area contributed by atoms with Crippen molar-refractivity contribution in [3.63, 3.8) is 0 Å². The smallest absolute Gasteiger partial charge is 0.334 e. The molecule has 18 heavy (non-hydrogen) atoms. The van der Waals surface area contributed by atoms with Gasteiger partial charge in [0.1, 0.15) is 5.69 Å². The van der Waals surface area contributed by atoms with Gasteiger partial charge in [0, 0.05) is 19.5 Å². The van der Waals surface area contributed by atoms with E-state index in [9.17, 15) is 10.1 Å². The molecule has 1 aromatic heterocycles. The van der Waals surface area contributed by atoms with Crippen LogP contribution in [-0.4, -0.2) is 33.3 Å². The summed E-state index contributed by atoms with van der Waals surface area (Å²) in [6.07, 6.45) is 3.02. The molecule has 1 heterocycles. The van der Waals surface area contributed by atoms with E-state index in [1.165, 1.54) is 0 Å². The molecule has 0 aliphatic rings. The molecular formula is C11H20N4O2S. The van der Waals surface area contributed by atoms with Gasteiger partial charge in [0.25, 0.3) is 0 Å². The molecule has 0 radical (unpaired) electrons. The number of nitrogens with one attached hydrogen (secondary N) is 1. The molecule has 0 unspecified atom stereocenters. The number of rotatable bonds is 7. The van der Waals surface area contributed by atoms with E-state index in [2.05, 4.69) is 10.4 Å². The van der Waals surface area contributed by atoms with E-state index >= 15 is 0 Å². The van der Waals surface area contributed by atoms with Crippen molar-refractivity contribution >= 4 is 23.3 Å². The zero-order chi connectivity index (χ0) is 13.7. The van der Waals surface area contributed by atoms with Crippen LogP contribution in [0.3, 0.4) is 0 Å². The molecule has 7 heteroatoms. The average molecular weight is 272 g/mol. The second-order valence-electron chi connectivity index (χ2n) is 4.39. The van der Waals surface area contributed by atoms with Crippen molar-refractivity contribution in [1.29, 1.82) is 0 Å². The van der Waals surface area contributed by atoms with Crippen LogP contribution < -0.4 is 5.32 Å². The van der Waals surface area contributed by atoms with E-state index < -0.39 is 0 Å². The molecule has 0 fully saturated rings. The molecule has 6 nitrogen and oxygen atoms in total. The van der Waals surface area contributed by atoms with Crippen LogP contribution in [-0.2, 0) is 7.05 Å². The lowest BCUT2D eigenvalue weighted by molar-refractivity contribution is -0.384. The third-order valence-corrected chi connectivity index (χ3v) is 3.29. The van der Waals surface area contributed by atoms with Gasteiger partial charge in [0.15, 0.2) is 0 Å². The van der Waals surface area contributed by atoms with Crippen molar-refractivity contribution in [3.8, 4) is 0 Å². The van der Waals surface area contributed by atoms with Gasteiger partial charge >= 0.3 is 5.69 Å². The molecule has 1 N–H and O–H groups in total. The van der Waals surface area contributed by atoms with Crippen LogP contribution in [0.5, 0.6) is 0 Å². The summed E-state index contributed by atoms with van der Waals surface area (Å²) in [5.41, 5.74) is 0.645. The molecule has 0 aliphatic heterocycles. The molecular weight excluding hydrogens is 252 g/mol. The second-order valence-corrected chi connectivity index (χ2v) is 5.38. The Morgan fingerprint density at radius 1 is 1.56 bits per heavy atom. The number of hydrogen-bond acceptors (Lipinski definition) is 5. The highest BCUT2D eigenvalue weighted by molar-refractivity contribution is 7.98. The monoisotopic (exact) mass is 272 g/mol. The minimum atomic E-state index is -0.348. The second kappa shape index (κ2) is 6.63. The minimum absolute atomic E-state index is 0.0401. The quantitative estimate of drug-likeness (QED) is 0.469. The van der Waals surface area contributed by atoms with Gasteiger partial charge in [-0.1, -0.05) is 13.8 Å². The van der Waals surface area contributed by atoms with Crippen LogP contribution in [0.15, 0.2) is 0 Å². The third kappa shape index (κ3) is 3.38. The molecule has 0 spiro atoms. The van der Waals surface area contributed by atoms with Gasteiger partial charge in [-0.3, -0.25) is 10.1 Å². The highest BCUT2D eigenvalue weighted by atomic mass is 32.2. The Balaban J connectivity index is 2.92. The van der Waals surface area contributed by atoms with Crippen LogP contribution >= 0.6 is 11.8 Å². The van der Waals surface area contributed by atoms with E-state index in [1.807, 2.05) is 20.1 Å². The standard InChI is InChI=1S/C11H20N4O2S/c1-8(2)9-10(15(16)17)11(14(3)13-9)12-6-5-7-18-4/h8,12H,5-7H2,1-4H3. The number of nitro groups is 1. The number of anilines is 1. The van der Waals surface area contributed by atoms with Gasteiger partial charge in [-0.15, -0.1) is 0 Å². The number of aryl methyl sites for hydroxylation is 1. The van der Waals surface area contributed by atoms with E-state index in [-0.39, 0.29) is 16.5 Å². The van der Waals surface area contributed by atoms with Crippen LogP contribution in [0.2, 0.25) is 0 Å². The first-order chi connectivity index (χ1) is 8.49. The van der Waals surface area contributed by atoms with Gasteiger partial charge in [-0.2, -0.15) is 16.9 Å². The number of hydrogen-bond donors (Lipinski definition) is 1. The third-order valence-electron chi connectivity index (χ3n) is 2.60. The predicted molar refractivity (Wildman–Crippen MR) is 75.4 cm³/mol. The zero-order valence-corrected chi connectivity index (χ0v) is 12.1. The number of nitrogens with zero attached hydrogens (tertiary/aromatic N) is 3. The topological polar surface area (TPSA) is 73.0 Å². The first-order valence-corrected chi connectivity index (χ1v) is 7.32. The summed E-state index contributed by atoms with van der Waals surface area (Å²) >= 11 is 1.77. The predicted octanol–water partition coefficient (Wildman–Crippen LogP) is 2.62. The van der Waals surface area contributed by atoms with E-state index in [1.54, 1.807) is 23.5 Å². The van der Waals surface area contributed by atoms with Crippen molar-refractivity contribution in [1.82, 2.24) is 9.78 Å². The average Bonchev–Trinajstić information content (AvgIpc) is 2.62. The summed E-state index contributed by atoms with van der Waals surface area (Å²) in [5.74, 6) is 1.58. The van der Waals surface area contributed by atoms with E-state index in [0.717, 1.165) is 18.7 Å². The van der Waals surface area contributed by atoms with E-state index in [4.69, 9.17) is 0 Å². The molecule has 102 valence electrons. The molecule has 0 saturated heterocycles. The Morgan fingerprint density at radius 2 is 2.22 bits per heavy atom. The summed E-state index contributed by atoms with van der Waals surface area (Å²) in [6.45, 7) is 4.54. The fourth-order valence-electron chi connectivity index (χ4n) is 1.72. The molecule has 0 bridgehead atoms. The Kier molecular flexibility index (Phi) is 5.46. The maximum Gasteiger partial charge on any atom is 0.334 e. The largest absolute Gasteiger partial charge is 0.365 e. The Labute approximate surface area is 111 Å². The summed E-state index contributed by atoms with van der Waals surface area (Å²) < 4.78 is 1.56. The minimum Gasteiger partial charge on any atom is -0.365 e. The normalized spacial score (nSPS) is 10.9. The molecule has 0 aromatic carbocycles. The summed E-state index contributed by atoms with van der Waals surface area (Å²) in [7, 11) is 1.73. The lowest BCUT2D eigenvalue weighted by Gasteiger charge is -2.05. The maximum atomic E-state index is 11.2. The van der Waals surface area contributed by atoms with Gasteiger partial charge in [0.05, 0.1) is 4.92 Å². The van der Waals surface area contributed by atoms with Crippen molar-refractivity contribution in [2.45, 2.75) is 26.2 Å². The molecule has 1 aromatic rings. The summed E-state index contributed by atoms with van der Waals surface area (Å²) in [5, 5.41) is 18.5. The number of thioether (sulfide) groups is 1. The SMILES string of the molecule is CSCCCNc1c([N+](=O)[O-])c(C(C)C)nn1C. The highest BCUT2D eigenvalue weighted by Gasteiger charge is 2.27. The van der Waals surface area contributed by atoms with Crippen LogP contribution in [0.1, 0.15) is 31.9 Å². The van der Waals surface area contributed by atoms with Crippen molar-refractivity contribution in [3.05, 3.63) is 15.8 Å². The van der Waals surface area contributed by atoms with Crippen LogP contribution in [0.4, 0.5) is 11.5 Å². The Bertz CT molecular complexity index is 417. The summed E-state index contributed by atoms with van der Waals surface area (Å²) in [4.78, 5) is 10.8. The van der Waals surface area contributed by atoms with Crippen LogP contribution in [0.25, 0.3) is 0 Å². The maximum absolute atomic E-state index is 11.2. The van der Waals surface area contributed by atoms with Crippen molar-refractivity contribution < 1.29 is 4.92 Å². The fraction of sp³-hybridized carbons (Fsp3) is 0.727. The molecule has 0 aliphatic carbocycles. The number of aromatic nitrogens is 2. The first kappa shape index (κ1) is 14.8. The zero-order valence-electron chi connectivity index (χ0n) is 11.3. The van der Waals surface area contributed by atoms with Gasteiger partial charge < -0.3 is 5.32 Å². The van der Waals surface area contributed by atoms with Crippen molar-refractivity contribution in [2.24, 2.45) is 7.05 Å². The molecule has 0 atom stereocenters. The van der Waals surface area contributed by atoms with E-state index in [0.29, 0.717) is 11.5 Å². The lowest BCUT2D eigenvalue weighted by Crippen LogP contribution is -2.08. The van der Waals surface area contributed by atoms with Crippen molar-refractivity contribution in [2.75, 3.05) is 23.9 Å². The fourth-order valence-corrected chi connectivity index (χ4v) is 2.16. The first-order valence-electron chi connectivity index (χ1n) is 5.93. The Morgan fingerprint density at radius 3 is 2.72 bits per heavy atom. The highest BCUT2D eigenvalue weighted by Crippen LogP contribution is 2.32. The lowest BCUT2D eigenvalue weighted by atomic mass is 10.1. The van der Waals surface area contributed by atoms with Crippen LogP contribution in [0, 0.1) is 10.1 Å². The van der Waals surface area contributed by atoms with Gasteiger partial charge in [-0.25, -0.2) is 4.68 Å². The van der Waals surface area contributed by atoms with Gasteiger partial charge in [-0.05, 0) is 18.4 Å².